The summed E-state index contributed by atoms with van der Waals surface area (Å²) in [5.41, 5.74) is -0.638. The number of carbonyl (C=O) groups is 1. The standard InChI is InChI=1S/C9H10N2O6S/c1-17-9(12)7-4-3-6(11(13)14)5-8(7)10-18(2,15)16/h3-5,10H,1-2H3. The Labute approximate surface area is 103 Å². The maximum atomic E-state index is 11.4. The summed E-state index contributed by atoms with van der Waals surface area (Å²) in [6.07, 6.45) is 0.868. The molecule has 98 valence electrons. The molecular weight excluding hydrogens is 264 g/mol. The molecule has 0 aliphatic heterocycles. The van der Waals surface area contributed by atoms with Gasteiger partial charge in [0.25, 0.3) is 5.69 Å². The third-order valence-corrected chi connectivity index (χ3v) is 2.51. The van der Waals surface area contributed by atoms with Gasteiger partial charge in [-0.15, -0.1) is 0 Å². The normalized spacial score (nSPS) is 10.8. The molecule has 1 aromatic rings. The minimum absolute atomic E-state index is 0.103. The summed E-state index contributed by atoms with van der Waals surface area (Å²) < 4.78 is 28.7. The zero-order valence-corrected chi connectivity index (χ0v) is 10.4. The molecule has 0 aliphatic carbocycles. The van der Waals surface area contributed by atoms with Gasteiger partial charge < -0.3 is 4.74 Å². The highest BCUT2D eigenvalue weighted by Gasteiger charge is 2.18. The van der Waals surface area contributed by atoms with E-state index in [2.05, 4.69) is 4.74 Å². The fraction of sp³-hybridized carbons (Fsp3) is 0.222. The Morgan fingerprint density at radius 3 is 2.50 bits per heavy atom. The van der Waals surface area contributed by atoms with Crippen LogP contribution in [-0.2, 0) is 14.8 Å². The average molecular weight is 274 g/mol. The van der Waals surface area contributed by atoms with Crippen LogP contribution in [0.25, 0.3) is 0 Å². The van der Waals surface area contributed by atoms with Crippen LogP contribution in [0.2, 0.25) is 0 Å². The number of nitro groups is 1. The van der Waals surface area contributed by atoms with Gasteiger partial charge in [0.1, 0.15) is 0 Å². The maximum Gasteiger partial charge on any atom is 0.340 e. The molecule has 0 atom stereocenters. The van der Waals surface area contributed by atoms with Crippen LogP contribution in [0.4, 0.5) is 11.4 Å². The molecule has 1 rings (SSSR count). The van der Waals surface area contributed by atoms with E-state index in [1.807, 2.05) is 4.72 Å². The molecule has 0 aromatic heterocycles. The zero-order valence-electron chi connectivity index (χ0n) is 9.54. The number of benzene rings is 1. The summed E-state index contributed by atoms with van der Waals surface area (Å²) in [4.78, 5) is 21.3. The second kappa shape index (κ2) is 5.00. The van der Waals surface area contributed by atoms with Crippen LogP contribution >= 0.6 is 0 Å². The molecule has 0 radical (unpaired) electrons. The molecule has 0 aliphatic rings. The molecule has 18 heavy (non-hydrogen) atoms. The second-order valence-electron chi connectivity index (χ2n) is 3.35. The Bertz CT molecular complexity index is 595. The van der Waals surface area contributed by atoms with Crippen LogP contribution in [0.15, 0.2) is 18.2 Å². The van der Waals surface area contributed by atoms with Crippen molar-refractivity contribution < 1.29 is 22.9 Å². The number of ether oxygens (including phenoxy) is 1. The number of anilines is 1. The van der Waals surface area contributed by atoms with Gasteiger partial charge in [-0.3, -0.25) is 14.8 Å². The molecule has 0 saturated carbocycles. The van der Waals surface area contributed by atoms with Crippen molar-refractivity contribution in [2.45, 2.75) is 0 Å². The SMILES string of the molecule is COC(=O)c1ccc([N+](=O)[O-])cc1NS(C)(=O)=O. The van der Waals surface area contributed by atoms with Gasteiger partial charge in [0, 0.05) is 12.1 Å². The van der Waals surface area contributed by atoms with E-state index in [1.54, 1.807) is 0 Å². The van der Waals surface area contributed by atoms with Crippen LogP contribution in [0.5, 0.6) is 0 Å². The van der Waals surface area contributed by atoms with E-state index < -0.39 is 20.9 Å². The first-order chi connectivity index (χ1) is 8.24. The third-order valence-electron chi connectivity index (χ3n) is 1.91. The molecule has 0 unspecified atom stereocenters. The second-order valence-corrected chi connectivity index (χ2v) is 5.10. The maximum absolute atomic E-state index is 11.4. The fourth-order valence-corrected chi connectivity index (χ4v) is 1.79. The van der Waals surface area contributed by atoms with E-state index in [4.69, 9.17) is 0 Å². The largest absolute Gasteiger partial charge is 0.465 e. The van der Waals surface area contributed by atoms with Gasteiger partial charge in [-0.25, -0.2) is 13.2 Å². The number of nitro benzene ring substituents is 1. The smallest absolute Gasteiger partial charge is 0.340 e. The van der Waals surface area contributed by atoms with E-state index >= 15 is 0 Å². The first kappa shape index (κ1) is 13.9. The van der Waals surface area contributed by atoms with Crippen LogP contribution in [0.1, 0.15) is 10.4 Å². The number of hydrogen-bond acceptors (Lipinski definition) is 6. The lowest BCUT2D eigenvalue weighted by Gasteiger charge is -2.08. The topological polar surface area (TPSA) is 116 Å². The lowest BCUT2D eigenvalue weighted by atomic mass is 10.1. The highest BCUT2D eigenvalue weighted by Crippen LogP contribution is 2.24. The van der Waals surface area contributed by atoms with E-state index in [-0.39, 0.29) is 16.9 Å². The predicted molar refractivity (Wildman–Crippen MR) is 62.9 cm³/mol. The fourth-order valence-electron chi connectivity index (χ4n) is 1.22. The molecule has 0 fully saturated rings. The molecular formula is C9H10N2O6S. The quantitative estimate of drug-likeness (QED) is 0.492. The molecule has 1 N–H and O–H groups in total. The van der Waals surface area contributed by atoms with E-state index in [9.17, 15) is 23.3 Å². The van der Waals surface area contributed by atoms with Gasteiger partial charge in [0.15, 0.2) is 0 Å². The van der Waals surface area contributed by atoms with E-state index in [1.165, 1.54) is 0 Å². The number of sulfonamides is 1. The van der Waals surface area contributed by atoms with Gasteiger partial charge in [0.2, 0.25) is 10.0 Å². The molecule has 0 spiro atoms. The first-order valence-electron chi connectivity index (χ1n) is 4.59. The van der Waals surface area contributed by atoms with Gasteiger partial charge in [-0.05, 0) is 6.07 Å². The Morgan fingerprint density at radius 2 is 2.06 bits per heavy atom. The number of nitrogens with one attached hydrogen (secondary N) is 1. The number of esters is 1. The van der Waals surface area contributed by atoms with Gasteiger partial charge >= 0.3 is 5.97 Å². The number of rotatable bonds is 4. The van der Waals surface area contributed by atoms with Crippen LogP contribution in [-0.4, -0.2) is 32.7 Å². The Kier molecular flexibility index (Phi) is 3.86. The first-order valence-corrected chi connectivity index (χ1v) is 6.48. The summed E-state index contributed by atoms with van der Waals surface area (Å²) in [5, 5.41) is 10.6. The zero-order chi connectivity index (χ0) is 13.9. The van der Waals surface area contributed by atoms with Crippen molar-refractivity contribution >= 4 is 27.4 Å². The lowest BCUT2D eigenvalue weighted by molar-refractivity contribution is -0.384. The third kappa shape index (κ3) is 3.42. The molecule has 1 aromatic carbocycles. The number of nitrogens with zero attached hydrogens (tertiary/aromatic N) is 1. The summed E-state index contributed by atoms with van der Waals surface area (Å²) in [7, 11) is -2.55. The van der Waals surface area contributed by atoms with Crippen molar-refractivity contribution in [2.24, 2.45) is 0 Å². The van der Waals surface area contributed by atoms with Crippen molar-refractivity contribution in [1.29, 1.82) is 0 Å². The number of non-ortho nitro benzene ring substituents is 1. The van der Waals surface area contributed by atoms with Crippen LogP contribution in [0, 0.1) is 10.1 Å². The monoisotopic (exact) mass is 274 g/mol. The van der Waals surface area contributed by atoms with Crippen molar-refractivity contribution in [3.05, 3.63) is 33.9 Å². The summed E-state index contributed by atoms with van der Waals surface area (Å²) in [5.74, 6) is -0.795. The average Bonchev–Trinajstić information content (AvgIpc) is 2.25. The summed E-state index contributed by atoms with van der Waals surface area (Å²) >= 11 is 0. The number of hydrogen-bond donors (Lipinski definition) is 1. The summed E-state index contributed by atoms with van der Waals surface area (Å²) in [6.45, 7) is 0. The van der Waals surface area contributed by atoms with Gasteiger partial charge in [0.05, 0.1) is 29.5 Å². The highest BCUT2D eigenvalue weighted by molar-refractivity contribution is 7.92. The van der Waals surface area contributed by atoms with Crippen molar-refractivity contribution in [3.8, 4) is 0 Å². The van der Waals surface area contributed by atoms with Crippen molar-refractivity contribution in [2.75, 3.05) is 18.1 Å². The molecule has 9 heteroatoms. The number of methoxy groups -OCH3 is 1. The predicted octanol–water partition coefficient (Wildman–Crippen LogP) is 0.753. The molecule has 0 amide bonds. The Hall–Kier alpha value is -2.16. The molecule has 0 saturated heterocycles. The van der Waals surface area contributed by atoms with E-state index in [0.717, 1.165) is 31.6 Å². The summed E-state index contributed by atoms with van der Waals surface area (Å²) in [6, 6.07) is 3.16. The molecule has 0 heterocycles. The van der Waals surface area contributed by atoms with Crippen LogP contribution in [0.3, 0.4) is 0 Å². The molecule has 0 bridgehead atoms. The lowest BCUT2D eigenvalue weighted by Crippen LogP contribution is -2.14. The minimum Gasteiger partial charge on any atom is -0.465 e. The van der Waals surface area contributed by atoms with Gasteiger partial charge in [-0.2, -0.15) is 0 Å². The highest BCUT2D eigenvalue weighted by atomic mass is 32.2. The Morgan fingerprint density at radius 1 is 1.44 bits per heavy atom. The van der Waals surface area contributed by atoms with E-state index in [0.29, 0.717) is 0 Å². The van der Waals surface area contributed by atoms with Crippen molar-refractivity contribution in [3.63, 3.8) is 0 Å². The van der Waals surface area contributed by atoms with Crippen LogP contribution < -0.4 is 4.72 Å². The number of carbonyl (C=O) groups excluding carboxylic acids is 1. The van der Waals surface area contributed by atoms with Gasteiger partial charge in [-0.1, -0.05) is 0 Å². The molecule has 8 nitrogen and oxygen atoms in total. The Balaban J connectivity index is 3.35. The minimum atomic E-state index is -3.66. The van der Waals surface area contributed by atoms with Crippen molar-refractivity contribution in [1.82, 2.24) is 0 Å².